The number of hydrogen-bond acceptors (Lipinski definition) is 5. The Labute approximate surface area is 282 Å². The lowest BCUT2D eigenvalue weighted by atomic mass is 9.87. The van der Waals surface area contributed by atoms with Crippen LogP contribution in [0.1, 0.15) is 35.3 Å². The summed E-state index contributed by atoms with van der Waals surface area (Å²) in [5.74, 6) is 0. The van der Waals surface area contributed by atoms with Crippen molar-refractivity contribution in [3.8, 4) is 22.5 Å². The molecule has 0 bridgehead atoms. The molecule has 0 radical (unpaired) electrons. The van der Waals surface area contributed by atoms with Crippen LogP contribution in [0.25, 0.3) is 22.5 Å². The number of aromatic amines is 1. The quantitative estimate of drug-likeness (QED) is 0.145. The fraction of sp³-hybridized carbons (Fsp3) is 0.214. The van der Waals surface area contributed by atoms with Crippen molar-refractivity contribution in [3.63, 3.8) is 0 Å². The predicted molar refractivity (Wildman–Crippen MR) is 188 cm³/mol. The fourth-order valence-corrected chi connectivity index (χ4v) is 6.42. The van der Waals surface area contributed by atoms with Crippen molar-refractivity contribution in [1.82, 2.24) is 10.2 Å². The molecule has 6 heteroatoms. The zero-order chi connectivity index (χ0) is 32.5. The molecule has 1 aliphatic heterocycles. The van der Waals surface area contributed by atoms with Gasteiger partial charge in [-0.25, -0.2) is 0 Å². The van der Waals surface area contributed by atoms with Gasteiger partial charge in [0, 0.05) is 11.1 Å². The number of rotatable bonds is 12. The van der Waals surface area contributed by atoms with E-state index in [1.54, 1.807) is 0 Å². The Kier molecular flexibility index (Phi) is 10.2. The third kappa shape index (κ3) is 7.33. The third-order valence-electron chi connectivity index (χ3n) is 8.82. The van der Waals surface area contributed by atoms with Gasteiger partial charge in [0.2, 0.25) is 0 Å². The van der Waals surface area contributed by atoms with E-state index in [2.05, 4.69) is 72.7 Å². The van der Waals surface area contributed by atoms with Crippen LogP contribution in [0.15, 0.2) is 152 Å². The van der Waals surface area contributed by atoms with Gasteiger partial charge in [-0.2, -0.15) is 5.10 Å². The Bertz CT molecular complexity index is 1780. The maximum absolute atomic E-state index is 7.05. The summed E-state index contributed by atoms with van der Waals surface area (Å²) in [6.45, 7) is 3.29. The molecule has 1 N–H and O–H groups in total. The van der Waals surface area contributed by atoms with E-state index in [-0.39, 0.29) is 6.10 Å². The molecular formula is C42H40N2O4. The first-order valence-corrected chi connectivity index (χ1v) is 16.6. The number of nitrogens with one attached hydrogen (secondary N) is 1. The second-order valence-corrected chi connectivity index (χ2v) is 12.1. The summed E-state index contributed by atoms with van der Waals surface area (Å²) in [4.78, 5) is 0. The van der Waals surface area contributed by atoms with Crippen molar-refractivity contribution < 1.29 is 18.9 Å². The third-order valence-corrected chi connectivity index (χ3v) is 8.82. The zero-order valence-electron chi connectivity index (χ0n) is 27.0. The maximum atomic E-state index is 7.05. The van der Waals surface area contributed by atoms with Gasteiger partial charge in [0.1, 0.15) is 24.4 Å². The minimum atomic E-state index is -0.534. The number of hydrogen-bond donors (Lipinski definition) is 1. The first-order valence-electron chi connectivity index (χ1n) is 16.6. The fourth-order valence-electron chi connectivity index (χ4n) is 6.42. The van der Waals surface area contributed by atoms with Crippen LogP contribution in [0.5, 0.6) is 0 Å². The van der Waals surface area contributed by atoms with Crippen molar-refractivity contribution in [2.45, 2.75) is 57.3 Å². The lowest BCUT2D eigenvalue weighted by Crippen LogP contribution is -2.56. The van der Waals surface area contributed by atoms with Gasteiger partial charge in [0.25, 0.3) is 0 Å². The van der Waals surface area contributed by atoms with Crippen LogP contribution in [0, 0.1) is 0 Å². The van der Waals surface area contributed by atoms with Gasteiger partial charge in [-0.1, -0.05) is 152 Å². The minimum Gasteiger partial charge on any atom is -0.368 e. The van der Waals surface area contributed by atoms with Gasteiger partial charge >= 0.3 is 0 Å². The number of H-pyrrole nitrogens is 1. The van der Waals surface area contributed by atoms with Crippen LogP contribution < -0.4 is 0 Å². The highest BCUT2D eigenvalue weighted by atomic mass is 16.6. The average molecular weight is 637 g/mol. The largest absolute Gasteiger partial charge is 0.368 e. The monoisotopic (exact) mass is 636 g/mol. The molecule has 5 atom stereocenters. The molecule has 0 unspecified atom stereocenters. The van der Waals surface area contributed by atoms with Gasteiger partial charge in [-0.3, -0.25) is 5.10 Å². The Morgan fingerprint density at radius 1 is 0.521 bits per heavy atom. The molecule has 1 aliphatic rings. The molecule has 6 nitrogen and oxygen atoms in total. The van der Waals surface area contributed by atoms with Gasteiger partial charge in [0.05, 0.1) is 37.3 Å². The van der Waals surface area contributed by atoms with Crippen LogP contribution in [-0.4, -0.2) is 34.6 Å². The SMILES string of the molecule is C[C@@H]1O[C@H](c2c(-c3ccccc3)n[nH]c2-c2ccccc2)[C@@H](OCc2ccccc2)[C@H](OCc2ccccc2)[C@@H]1OCc1ccccc1. The number of ether oxygens (including phenoxy) is 4. The van der Waals surface area contributed by atoms with E-state index in [0.29, 0.717) is 19.8 Å². The van der Waals surface area contributed by atoms with Crippen molar-refractivity contribution in [1.29, 1.82) is 0 Å². The molecule has 0 saturated carbocycles. The second-order valence-electron chi connectivity index (χ2n) is 12.1. The van der Waals surface area contributed by atoms with E-state index in [1.165, 1.54) is 0 Å². The molecule has 242 valence electrons. The first kappa shape index (κ1) is 31.7. The van der Waals surface area contributed by atoms with E-state index in [4.69, 9.17) is 24.0 Å². The predicted octanol–water partition coefficient (Wildman–Crippen LogP) is 8.96. The summed E-state index contributed by atoms with van der Waals surface area (Å²) in [5, 5.41) is 8.27. The van der Waals surface area contributed by atoms with Crippen LogP contribution in [0.2, 0.25) is 0 Å². The molecule has 0 aliphatic carbocycles. The molecule has 7 rings (SSSR count). The molecule has 0 spiro atoms. The molecule has 1 fully saturated rings. The van der Waals surface area contributed by atoms with Gasteiger partial charge in [-0.05, 0) is 29.2 Å². The Hall–Kier alpha value is -4.85. The van der Waals surface area contributed by atoms with Crippen molar-refractivity contribution in [2.24, 2.45) is 0 Å². The summed E-state index contributed by atoms with van der Waals surface area (Å²) >= 11 is 0. The maximum Gasteiger partial charge on any atom is 0.117 e. The smallest absolute Gasteiger partial charge is 0.117 e. The molecule has 1 aromatic heterocycles. The van der Waals surface area contributed by atoms with Crippen LogP contribution in [0.4, 0.5) is 0 Å². The minimum absolute atomic E-state index is 0.321. The Balaban J connectivity index is 1.32. The topological polar surface area (TPSA) is 65.6 Å². The van der Waals surface area contributed by atoms with Crippen molar-refractivity contribution >= 4 is 0 Å². The highest BCUT2D eigenvalue weighted by Gasteiger charge is 2.49. The van der Waals surface area contributed by atoms with E-state index >= 15 is 0 Å². The first-order chi connectivity index (χ1) is 23.7. The highest BCUT2D eigenvalue weighted by Crippen LogP contribution is 2.44. The summed E-state index contributed by atoms with van der Waals surface area (Å²) in [7, 11) is 0. The number of nitrogens with zero attached hydrogens (tertiary/aromatic N) is 1. The van der Waals surface area contributed by atoms with Crippen molar-refractivity contribution in [3.05, 3.63) is 174 Å². The summed E-state index contributed by atoms with van der Waals surface area (Å²) in [5.41, 5.74) is 7.90. The molecule has 1 saturated heterocycles. The summed E-state index contributed by atoms with van der Waals surface area (Å²) < 4.78 is 27.6. The highest BCUT2D eigenvalue weighted by molar-refractivity contribution is 5.75. The van der Waals surface area contributed by atoms with Gasteiger partial charge < -0.3 is 18.9 Å². The molecular weight excluding hydrogens is 596 g/mol. The number of aromatic nitrogens is 2. The van der Waals surface area contributed by atoms with Crippen LogP contribution in [0.3, 0.4) is 0 Å². The molecule has 6 aromatic rings. The lowest BCUT2D eigenvalue weighted by molar-refractivity contribution is -0.263. The van der Waals surface area contributed by atoms with E-state index < -0.39 is 24.4 Å². The molecule has 48 heavy (non-hydrogen) atoms. The summed E-state index contributed by atoms with van der Waals surface area (Å²) in [6, 6.07) is 51.2. The normalized spacial score (nSPS) is 20.8. The lowest BCUT2D eigenvalue weighted by Gasteiger charge is -2.45. The van der Waals surface area contributed by atoms with Crippen LogP contribution >= 0.6 is 0 Å². The van der Waals surface area contributed by atoms with Crippen LogP contribution in [-0.2, 0) is 38.8 Å². The molecule has 0 amide bonds. The molecule has 5 aromatic carbocycles. The standard InChI is InChI=1S/C42H40N2O4/c1-30-39(45-27-31-17-7-2-8-18-31)41(46-28-32-19-9-3-10-20-32)42(47-29-33-21-11-4-12-22-33)40(48-30)36-37(34-23-13-5-14-24-34)43-44-38(36)35-25-15-6-16-26-35/h2-26,30,39-42H,27-29H2,1H3,(H,43,44)/t30-,39+,40+,41+,42+/m0/s1. The van der Waals surface area contributed by atoms with Crippen molar-refractivity contribution in [2.75, 3.05) is 0 Å². The second kappa shape index (κ2) is 15.4. The Morgan fingerprint density at radius 2 is 0.938 bits per heavy atom. The Morgan fingerprint density at radius 3 is 1.44 bits per heavy atom. The average Bonchev–Trinajstić information content (AvgIpc) is 3.60. The van der Waals surface area contributed by atoms with Gasteiger partial charge in [0.15, 0.2) is 0 Å². The van der Waals surface area contributed by atoms with Gasteiger partial charge in [-0.15, -0.1) is 0 Å². The van der Waals surface area contributed by atoms with E-state index in [9.17, 15) is 0 Å². The van der Waals surface area contributed by atoms with E-state index in [0.717, 1.165) is 44.8 Å². The van der Waals surface area contributed by atoms with E-state index in [1.807, 2.05) is 91.0 Å². The summed E-state index contributed by atoms with van der Waals surface area (Å²) in [6.07, 6.45) is -2.25. The number of benzene rings is 5. The molecule has 2 heterocycles. The zero-order valence-corrected chi connectivity index (χ0v) is 27.0.